The van der Waals surface area contributed by atoms with Gasteiger partial charge in [0.05, 0.1) is 17.6 Å². The van der Waals surface area contributed by atoms with Gasteiger partial charge >= 0.3 is 0 Å². The standard InChI is InChI=1S/C27H32F2N4O/c1-19(34)20-9-10-25-24(17-20)30-26(32-15-11-22(12-16-32)31-13-5-6-14-31)33(25)18-21-7-3-4-8-23(21)27(2,28)29/h3-4,7-10,17,22H,5-6,11-16,18H2,1-2H3. The van der Waals surface area contributed by atoms with E-state index >= 15 is 0 Å². The van der Waals surface area contributed by atoms with Crippen molar-refractivity contribution in [2.45, 2.75) is 58.0 Å². The van der Waals surface area contributed by atoms with Crippen molar-refractivity contribution < 1.29 is 13.6 Å². The lowest BCUT2D eigenvalue weighted by Crippen LogP contribution is -2.44. The summed E-state index contributed by atoms with van der Waals surface area (Å²) < 4.78 is 30.8. The van der Waals surface area contributed by atoms with Crippen molar-refractivity contribution in [2.75, 3.05) is 31.1 Å². The predicted octanol–water partition coefficient (Wildman–Crippen LogP) is 5.46. The molecule has 7 heteroatoms. The third-order valence-electron chi connectivity index (χ3n) is 7.36. The third kappa shape index (κ3) is 4.45. The Morgan fingerprint density at radius 1 is 1.06 bits per heavy atom. The molecule has 0 saturated carbocycles. The molecule has 0 atom stereocenters. The molecule has 3 aromatic rings. The molecule has 34 heavy (non-hydrogen) atoms. The van der Waals surface area contributed by atoms with Gasteiger partial charge in [-0.05, 0) is 69.5 Å². The molecule has 0 radical (unpaired) electrons. The van der Waals surface area contributed by atoms with E-state index in [4.69, 9.17) is 4.98 Å². The number of rotatable bonds is 6. The van der Waals surface area contributed by atoms with Gasteiger partial charge < -0.3 is 14.4 Å². The average Bonchev–Trinajstić information content (AvgIpc) is 3.47. The Bertz CT molecular complexity index is 1190. The molecule has 2 aliphatic rings. The molecule has 2 aliphatic heterocycles. The molecule has 2 saturated heterocycles. The highest BCUT2D eigenvalue weighted by molar-refractivity contribution is 5.97. The SMILES string of the molecule is CC(=O)c1ccc2c(c1)nc(N1CCC(N3CCCC3)CC1)n2Cc1ccccc1C(C)(F)F. The second-order valence-corrected chi connectivity index (χ2v) is 9.76. The van der Waals surface area contributed by atoms with Crippen LogP contribution in [-0.2, 0) is 12.5 Å². The summed E-state index contributed by atoms with van der Waals surface area (Å²) in [7, 11) is 0. The van der Waals surface area contributed by atoms with E-state index in [1.807, 2.05) is 16.7 Å². The minimum atomic E-state index is -2.93. The summed E-state index contributed by atoms with van der Waals surface area (Å²) in [5, 5.41) is 0. The van der Waals surface area contributed by atoms with Crippen molar-refractivity contribution in [3.8, 4) is 0 Å². The van der Waals surface area contributed by atoms with Crippen LogP contribution in [0.25, 0.3) is 11.0 Å². The van der Waals surface area contributed by atoms with Gasteiger partial charge in [-0.2, -0.15) is 0 Å². The lowest BCUT2D eigenvalue weighted by molar-refractivity contribution is 0.0165. The summed E-state index contributed by atoms with van der Waals surface area (Å²) in [6, 6.07) is 12.9. The number of aromatic nitrogens is 2. The van der Waals surface area contributed by atoms with Crippen LogP contribution in [0.15, 0.2) is 42.5 Å². The molecule has 2 aromatic carbocycles. The maximum Gasteiger partial charge on any atom is 0.270 e. The van der Waals surface area contributed by atoms with Gasteiger partial charge in [0, 0.05) is 37.2 Å². The quantitative estimate of drug-likeness (QED) is 0.452. The molecule has 0 amide bonds. The first kappa shape index (κ1) is 23.0. The van der Waals surface area contributed by atoms with Crippen molar-refractivity contribution >= 4 is 22.8 Å². The molecule has 180 valence electrons. The van der Waals surface area contributed by atoms with Crippen LogP contribution in [0.1, 0.15) is 61.0 Å². The number of imidazole rings is 1. The van der Waals surface area contributed by atoms with Crippen LogP contribution in [0.2, 0.25) is 0 Å². The van der Waals surface area contributed by atoms with Crippen LogP contribution in [0.4, 0.5) is 14.7 Å². The number of benzene rings is 2. The molecule has 0 aliphatic carbocycles. The molecule has 0 unspecified atom stereocenters. The van der Waals surface area contributed by atoms with Gasteiger partial charge in [-0.25, -0.2) is 13.8 Å². The van der Waals surface area contributed by atoms with Crippen LogP contribution in [-0.4, -0.2) is 52.5 Å². The van der Waals surface area contributed by atoms with Gasteiger partial charge in [-0.1, -0.05) is 24.3 Å². The summed E-state index contributed by atoms with van der Waals surface area (Å²) in [4.78, 5) is 21.8. The fraction of sp³-hybridized carbons (Fsp3) is 0.481. The van der Waals surface area contributed by atoms with Crippen LogP contribution in [0.3, 0.4) is 0 Å². The molecular weight excluding hydrogens is 434 g/mol. The van der Waals surface area contributed by atoms with Gasteiger partial charge in [0.15, 0.2) is 5.78 Å². The second kappa shape index (κ2) is 9.10. The number of carbonyl (C=O) groups excluding carboxylic acids is 1. The van der Waals surface area contributed by atoms with E-state index in [-0.39, 0.29) is 11.3 Å². The van der Waals surface area contributed by atoms with Crippen LogP contribution >= 0.6 is 0 Å². The predicted molar refractivity (Wildman–Crippen MR) is 131 cm³/mol. The number of alkyl halides is 2. The molecular formula is C27H32F2N4O. The van der Waals surface area contributed by atoms with Crippen molar-refractivity contribution in [1.82, 2.24) is 14.5 Å². The largest absolute Gasteiger partial charge is 0.342 e. The fourth-order valence-corrected chi connectivity index (χ4v) is 5.53. The van der Waals surface area contributed by atoms with Gasteiger partial charge in [0.2, 0.25) is 5.95 Å². The molecule has 5 rings (SSSR count). The summed E-state index contributed by atoms with van der Waals surface area (Å²) in [6.45, 7) is 6.95. The highest BCUT2D eigenvalue weighted by atomic mass is 19.3. The number of piperidine rings is 1. The molecule has 1 aromatic heterocycles. The zero-order chi connectivity index (χ0) is 23.9. The molecule has 3 heterocycles. The Balaban J connectivity index is 1.51. The molecule has 0 bridgehead atoms. The normalized spacial score (nSPS) is 18.2. The maximum atomic E-state index is 14.4. The van der Waals surface area contributed by atoms with Gasteiger partial charge in [0.25, 0.3) is 5.92 Å². The fourth-order valence-electron chi connectivity index (χ4n) is 5.53. The first-order chi connectivity index (χ1) is 16.3. The van der Waals surface area contributed by atoms with E-state index < -0.39 is 5.92 Å². The average molecular weight is 467 g/mol. The highest BCUT2D eigenvalue weighted by Gasteiger charge is 2.30. The van der Waals surface area contributed by atoms with E-state index in [0.29, 0.717) is 23.7 Å². The smallest absolute Gasteiger partial charge is 0.270 e. The van der Waals surface area contributed by atoms with E-state index in [2.05, 4.69) is 9.80 Å². The summed E-state index contributed by atoms with van der Waals surface area (Å²) in [5.74, 6) is -2.14. The molecule has 5 nitrogen and oxygen atoms in total. The zero-order valence-corrected chi connectivity index (χ0v) is 19.9. The van der Waals surface area contributed by atoms with Crippen LogP contribution in [0, 0.1) is 0 Å². The number of hydrogen-bond acceptors (Lipinski definition) is 4. The van der Waals surface area contributed by atoms with Gasteiger partial charge in [-0.3, -0.25) is 4.79 Å². The number of anilines is 1. The van der Waals surface area contributed by atoms with E-state index in [1.54, 1.807) is 31.2 Å². The first-order valence-corrected chi connectivity index (χ1v) is 12.3. The minimum Gasteiger partial charge on any atom is -0.342 e. The second-order valence-electron chi connectivity index (χ2n) is 9.76. The Labute approximate surface area is 199 Å². The number of carbonyl (C=O) groups is 1. The van der Waals surface area contributed by atoms with Crippen LogP contribution < -0.4 is 4.90 Å². The summed E-state index contributed by atoms with van der Waals surface area (Å²) in [6.07, 6.45) is 4.73. The van der Waals surface area contributed by atoms with E-state index in [0.717, 1.165) is 49.8 Å². The van der Waals surface area contributed by atoms with Gasteiger partial charge in [0.1, 0.15) is 0 Å². The van der Waals surface area contributed by atoms with Crippen molar-refractivity contribution in [3.63, 3.8) is 0 Å². The minimum absolute atomic E-state index is 0.0135. The number of nitrogens with zero attached hydrogens (tertiary/aromatic N) is 4. The number of Topliss-reactive ketones (excluding diaryl/α,β-unsaturated/α-hetero) is 1. The van der Waals surface area contributed by atoms with E-state index in [1.165, 1.54) is 32.0 Å². The highest BCUT2D eigenvalue weighted by Crippen LogP contribution is 2.33. The molecule has 2 fully saturated rings. The van der Waals surface area contributed by atoms with Crippen LogP contribution in [0.5, 0.6) is 0 Å². The first-order valence-electron chi connectivity index (χ1n) is 12.3. The lowest BCUT2D eigenvalue weighted by atomic mass is 10.0. The Morgan fingerprint density at radius 2 is 1.76 bits per heavy atom. The van der Waals surface area contributed by atoms with E-state index in [9.17, 15) is 13.6 Å². The Hall–Kier alpha value is -2.80. The Morgan fingerprint density at radius 3 is 2.44 bits per heavy atom. The van der Waals surface area contributed by atoms with Gasteiger partial charge in [-0.15, -0.1) is 0 Å². The number of fused-ring (bicyclic) bond motifs is 1. The zero-order valence-electron chi connectivity index (χ0n) is 19.9. The van der Waals surface area contributed by atoms with Crippen molar-refractivity contribution in [1.29, 1.82) is 0 Å². The summed E-state index contributed by atoms with van der Waals surface area (Å²) in [5.41, 5.74) is 2.81. The number of hydrogen-bond donors (Lipinski definition) is 0. The maximum absolute atomic E-state index is 14.4. The lowest BCUT2D eigenvalue weighted by Gasteiger charge is -2.37. The third-order valence-corrected chi connectivity index (χ3v) is 7.36. The number of halogens is 2. The Kier molecular flexibility index (Phi) is 6.15. The molecule has 0 spiro atoms. The van der Waals surface area contributed by atoms with Crippen molar-refractivity contribution in [2.24, 2.45) is 0 Å². The topological polar surface area (TPSA) is 41.4 Å². The number of ketones is 1. The monoisotopic (exact) mass is 466 g/mol. The summed E-state index contributed by atoms with van der Waals surface area (Å²) >= 11 is 0. The molecule has 0 N–H and O–H groups in total. The van der Waals surface area contributed by atoms with Crippen molar-refractivity contribution in [3.05, 3.63) is 59.2 Å². The number of likely N-dealkylation sites (tertiary alicyclic amines) is 1.